The van der Waals surface area contributed by atoms with Gasteiger partial charge in [0, 0.05) is 57.3 Å². The highest BCUT2D eigenvalue weighted by Crippen LogP contribution is 2.30. The van der Waals surface area contributed by atoms with E-state index >= 15 is 0 Å². The molecule has 1 aromatic heterocycles. The summed E-state index contributed by atoms with van der Waals surface area (Å²) in [5.41, 5.74) is 2.71. The summed E-state index contributed by atoms with van der Waals surface area (Å²) < 4.78 is 6.82. The van der Waals surface area contributed by atoms with Crippen molar-refractivity contribution in [2.24, 2.45) is 7.05 Å². The molecule has 2 aromatic rings. The minimum atomic E-state index is -0.144. The summed E-state index contributed by atoms with van der Waals surface area (Å²) in [6.45, 7) is 2.79. The molecule has 2 amide bonds. The zero-order chi connectivity index (χ0) is 20.4. The fraction of sp³-hybridized carbons (Fsp3) is 0.476. The molecule has 2 aliphatic rings. The lowest BCUT2D eigenvalue weighted by molar-refractivity contribution is 0.185. The number of methoxy groups -OCH3 is 1. The summed E-state index contributed by atoms with van der Waals surface area (Å²) in [5.74, 6) is 0.877. The number of nitrogens with zero attached hydrogens (tertiary/aromatic N) is 4. The van der Waals surface area contributed by atoms with Gasteiger partial charge in [-0.15, -0.1) is 0 Å². The van der Waals surface area contributed by atoms with Crippen LogP contribution in [0.2, 0.25) is 0 Å². The highest BCUT2D eigenvalue weighted by atomic mass is 16.5. The van der Waals surface area contributed by atoms with Gasteiger partial charge in [0.05, 0.1) is 18.5 Å². The predicted molar refractivity (Wildman–Crippen MR) is 110 cm³/mol. The fourth-order valence-corrected chi connectivity index (χ4v) is 4.09. The third-order valence-corrected chi connectivity index (χ3v) is 5.77. The summed E-state index contributed by atoms with van der Waals surface area (Å²) >= 11 is 0. The van der Waals surface area contributed by atoms with Crippen LogP contribution in [0.3, 0.4) is 0 Å². The van der Waals surface area contributed by atoms with Crippen molar-refractivity contribution in [3.8, 4) is 5.75 Å². The van der Waals surface area contributed by atoms with Gasteiger partial charge in [0.15, 0.2) is 0 Å². The molecular formula is C21H27N5O3. The average Bonchev–Trinajstić information content (AvgIpc) is 2.74. The molecular weight excluding hydrogens is 370 g/mol. The van der Waals surface area contributed by atoms with Crippen molar-refractivity contribution < 1.29 is 9.53 Å². The van der Waals surface area contributed by atoms with Crippen LogP contribution in [0.4, 0.5) is 10.5 Å². The van der Waals surface area contributed by atoms with Gasteiger partial charge in [-0.25, -0.2) is 9.48 Å². The van der Waals surface area contributed by atoms with E-state index in [1.54, 1.807) is 25.1 Å². The summed E-state index contributed by atoms with van der Waals surface area (Å²) in [6.07, 6.45) is 2.44. The van der Waals surface area contributed by atoms with Crippen molar-refractivity contribution in [2.45, 2.75) is 31.8 Å². The highest BCUT2D eigenvalue weighted by molar-refractivity contribution is 5.75. The van der Waals surface area contributed by atoms with E-state index in [4.69, 9.17) is 4.74 Å². The minimum absolute atomic E-state index is 0.0629. The molecule has 8 nitrogen and oxygen atoms in total. The number of nitrogens with one attached hydrogen (secondary N) is 1. The molecule has 0 saturated carbocycles. The van der Waals surface area contributed by atoms with E-state index in [1.807, 2.05) is 18.2 Å². The summed E-state index contributed by atoms with van der Waals surface area (Å²) in [4.78, 5) is 28.7. The number of hydrogen-bond donors (Lipinski definition) is 1. The fourth-order valence-electron chi connectivity index (χ4n) is 4.09. The monoisotopic (exact) mass is 397 g/mol. The number of carbonyl (C=O) groups is 1. The molecule has 0 bridgehead atoms. The average molecular weight is 397 g/mol. The van der Waals surface area contributed by atoms with Crippen molar-refractivity contribution >= 4 is 11.7 Å². The third kappa shape index (κ3) is 4.06. The lowest BCUT2D eigenvalue weighted by Crippen LogP contribution is -2.50. The summed E-state index contributed by atoms with van der Waals surface area (Å²) in [5, 5.41) is 7.48. The Morgan fingerprint density at radius 1 is 1.21 bits per heavy atom. The molecule has 3 heterocycles. The maximum atomic E-state index is 12.8. The number of fused-ring (bicyclic) bond motifs is 1. The molecule has 0 unspecified atom stereocenters. The molecule has 0 aliphatic carbocycles. The molecule has 0 spiro atoms. The quantitative estimate of drug-likeness (QED) is 0.850. The van der Waals surface area contributed by atoms with Crippen molar-refractivity contribution in [2.75, 3.05) is 31.6 Å². The second-order valence-corrected chi connectivity index (χ2v) is 7.63. The summed E-state index contributed by atoms with van der Waals surface area (Å²) in [7, 11) is 3.34. The first-order valence-corrected chi connectivity index (χ1v) is 10.0. The second kappa shape index (κ2) is 8.14. The first-order valence-electron chi connectivity index (χ1n) is 10.0. The van der Waals surface area contributed by atoms with Crippen LogP contribution in [0.1, 0.15) is 24.1 Å². The molecule has 8 heteroatoms. The number of ether oxygens (including phenoxy) is 1. The zero-order valence-electron chi connectivity index (χ0n) is 16.9. The first kappa shape index (κ1) is 19.3. The predicted octanol–water partition coefficient (Wildman–Crippen LogP) is 1.53. The Hall–Kier alpha value is -3.03. The van der Waals surface area contributed by atoms with Gasteiger partial charge in [0.1, 0.15) is 5.75 Å². The number of para-hydroxylation sites is 2. The van der Waals surface area contributed by atoms with Crippen LogP contribution < -0.4 is 20.5 Å². The lowest BCUT2D eigenvalue weighted by atomic mass is 10.0. The number of benzene rings is 1. The first-order chi connectivity index (χ1) is 14.0. The Morgan fingerprint density at radius 3 is 2.72 bits per heavy atom. The van der Waals surface area contributed by atoms with Crippen molar-refractivity contribution in [3.05, 3.63) is 51.9 Å². The molecule has 4 rings (SSSR count). The number of amides is 2. The number of piperidine rings is 1. The van der Waals surface area contributed by atoms with Crippen molar-refractivity contribution in [1.29, 1.82) is 0 Å². The van der Waals surface area contributed by atoms with Crippen molar-refractivity contribution in [3.63, 3.8) is 0 Å². The zero-order valence-corrected chi connectivity index (χ0v) is 16.9. The Morgan fingerprint density at radius 2 is 1.97 bits per heavy atom. The standard InChI is InChI=1S/C21H27N5O3/c1-24-20(27)13-15-14-26(12-9-17(15)23-24)21(28)22-16-7-10-25(11-8-16)18-5-3-4-6-19(18)29-2/h3-6,13,16H,7-12,14H2,1-2H3,(H,22,28). The number of aromatic nitrogens is 2. The third-order valence-electron chi connectivity index (χ3n) is 5.77. The van der Waals surface area contributed by atoms with Gasteiger partial charge in [-0.1, -0.05) is 12.1 Å². The molecule has 1 saturated heterocycles. The van der Waals surface area contributed by atoms with Gasteiger partial charge >= 0.3 is 6.03 Å². The van der Waals surface area contributed by atoms with Gasteiger partial charge in [-0.05, 0) is 25.0 Å². The number of hydrogen-bond acceptors (Lipinski definition) is 5. The smallest absolute Gasteiger partial charge is 0.317 e. The number of aryl methyl sites for hydroxylation is 1. The van der Waals surface area contributed by atoms with E-state index < -0.39 is 0 Å². The normalized spacial score (nSPS) is 17.0. The molecule has 0 radical (unpaired) electrons. The van der Waals surface area contributed by atoms with E-state index in [0.717, 1.165) is 48.6 Å². The molecule has 29 heavy (non-hydrogen) atoms. The highest BCUT2D eigenvalue weighted by Gasteiger charge is 2.27. The van der Waals surface area contributed by atoms with Crippen LogP contribution in [-0.2, 0) is 20.0 Å². The Kier molecular flexibility index (Phi) is 5.42. The maximum Gasteiger partial charge on any atom is 0.317 e. The molecule has 2 aliphatic heterocycles. The van der Waals surface area contributed by atoms with E-state index in [0.29, 0.717) is 19.5 Å². The van der Waals surface area contributed by atoms with Crippen LogP contribution in [0, 0.1) is 0 Å². The topological polar surface area (TPSA) is 79.7 Å². The van der Waals surface area contributed by atoms with E-state index in [-0.39, 0.29) is 17.6 Å². The van der Waals surface area contributed by atoms with E-state index in [1.165, 1.54) is 4.68 Å². The maximum absolute atomic E-state index is 12.8. The molecule has 1 N–H and O–H groups in total. The molecule has 0 atom stereocenters. The SMILES string of the molecule is COc1ccccc1N1CCC(NC(=O)N2CCc3nn(C)c(=O)cc3C2)CC1. The van der Waals surface area contributed by atoms with Crippen LogP contribution in [0.5, 0.6) is 5.75 Å². The van der Waals surface area contributed by atoms with Crippen LogP contribution in [0.25, 0.3) is 0 Å². The van der Waals surface area contributed by atoms with Gasteiger partial charge in [0.25, 0.3) is 5.56 Å². The van der Waals surface area contributed by atoms with Gasteiger partial charge in [0.2, 0.25) is 0 Å². The van der Waals surface area contributed by atoms with Gasteiger partial charge < -0.3 is 19.9 Å². The van der Waals surface area contributed by atoms with Crippen LogP contribution in [-0.4, -0.2) is 53.5 Å². The minimum Gasteiger partial charge on any atom is -0.495 e. The molecule has 1 fully saturated rings. The Bertz CT molecular complexity index is 950. The number of rotatable bonds is 3. The second-order valence-electron chi connectivity index (χ2n) is 7.63. The number of anilines is 1. The number of carbonyl (C=O) groups excluding carboxylic acids is 1. The van der Waals surface area contributed by atoms with E-state index in [9.17, 15) is 9.59 Å². The van der Waals surface area contributed by atoms with Gasteiger partial charge in [-0.3, -0.25) is 4.79 Å². The number of urea groups is 1. The Labute approximate surface area is 170 Å². The van der Waals surface area contributed by atoms with E-state index in [2.05, 4.69) is 21.4 Å². The van der Waals surface area contributed by atoms with Crippen LogP contribution in [0.15, 0.2) is 35.1 Å². The largest absolute Gasteiger partial charge is 0.495 e. The molecule has 154 valence electrons. The Balaban J connectivity index is 1.33. The lowest BCUT2D eigenvalue weighted by Gasteiger charge is -2.36. The van der Waals surface area contributed by atoms with Gasteiger partial charge in [-0.2, -0.15) is 5.10 Å². The van der Waals surface area contributed by atoms with Crippen LogP contribution >= 0.6 is 0 Å². The molecule has 1 aromatic carbocycles. The van der Waals surface area contributed by atoms with Crippen molar-refractivity contribution in [1.82, 2.24) is 20.0 Å². The summed E-state index contributed by atoms with van der Waals surface area (Å²) in [6, 6.07) is 9.71.